The van der Waals surface area contributed by atoms with Gasteiger partial charge in [-0.25, -0.2) is 12.7 Å². The Kier molecular flexibility index (Phi) is 5.56. The van der Waals surface area contributed by atoms with Crippen LogP contribution >= 0.6 is 0 Å². The molecule has 0 aliphatic rings. The molecular weight excluding hydrogens is 294 g/mol. The van der Waals surface area contributed by atoms with Crippen LogP contribution in [0.3, 0.4) is 0 Å². The zero-order valence-electron chi connectivity index (χ0n) is 12.6. The van der Waals surface area contributed by atoms with E-state index in [1.165, 1.54) is 33.3 Å². The number of hydrogen-bond acceptors (Lipinski definition) is 5. The summed E-state index contributed by atoms with van der Waals surface area (Å²) in [6.45, 7) is 1.71. The Morgan fingerprint density at radius 1 is 1.48 bits per heavy atom. The number of carbonyl (C=O) groups excluding carboxylic acids is 1. The minimum absolute atomic E-state index is 0.0170. The molecule has 0 saturated heterocycles. The molecule has 0 saturated carbocycles. The van der Waals surface area contributed by atoms with E-state index in [1.807, 2.05) is 0 Å². The Hall–Kier alpha value is -1.80. The third-order valence-corrected chi connectivity index (χ3v) is 4.95. The minimum Gasteiger partial charge on any atom is -0.495 e. The summed E-state index contributed by atoms with van der Waals surface area (Å²) in [5.41, 5.74) is 5.97. The van der Waals surface area contributed by atoms with Crippen molar-refractivity contribution in [2.45, 2.75) is 11.8 Å². The molecule has 3 N–H and O–H groups in total. The highest BCUT2D eigenvalue weighted by molar-refractivity contribution is 7.89. The molecule has 7 nitrogen and oxygen atoms in total. The third kappa shape index (κ3) is 3.85. The number of nitrogen functional groups attached to an aromatic ring is 1. The van der Waals surface area contributed by atoms with Crippen LogP contribution in [-0.4, -0.2) is 46.4 Å². The molecule has 0 aliphatic carbocycles. The van der Waals surface area contributed by atoms with Gasteiger partial charge in [0.2, 0.25) is 15.9 Å². The lowest BCUT2D eigenvalue weighted by Crippen LogP contribution is -2.37. The first kappa shape index (κ1) is 17.3. The Bertz CT molecular complexity index is 616. The number of amides is 1. The van der Waals surface area contributed by atoms with Crippen LogP contribution in [-0.2, 0) is 14.8 Å². The SMILES string of the molecule is CNC(=O)C(C)CN(C)S(=O)(=O)c1cc(N)ccc1OC. The van der Waals surface area contributed by atoms with Crippen LogP contribution in [0.2, 0.25) is 0 Å². The molecule has 0 heterocycles. The number of anilines is 1. The molecule has 1 aromatic rings. The molecule has 0 bridgehead atoms. The molecule has 21 heavy (non-hydrogen) atoms. The van der Waals surface area contributed by atoms with Crippen LogP contribution in [0.25, 0.3) is 0 Å². The van der Waals surface area contributed by atoms with Gasteiger partial charge in [-0.15, -0.1) is 0 Å². The van der Waals surface area contributed by atoms with E-state index in [0.29, 0.717) is 5.69 Å². The van der Waals surface area contributed by atoms with Crippen molar-refractivity contribution in [1.82, 2.24) is 9.62 Å². The first-order valence-corrected chi connectivity index (χ1v) is 7.79. The van der Waals surface area contributed by atoms with Gasteiger partial charge < -0.3 is 15.8 Å². The summed E-state index contributed by atoms with van der Waals surface area (Å²) < 4.78 is 31.3. The van der Waals surface area contributed by atoms with Gasteiger partial charge in [0.25, 0.3) is 0 Å². The van der Waals surface area contributed by atoms with Gasteiger partial charge in [-0.2, -0.15) is 0 Å². The molecule has 0 fully saturated rings. The van der Waals surface area contributed by atoms with E-state index in [2.05, 4.69) is 5.32 Å². The Balaban J connectivity index is 3.11. The molecule has 1 amide bonds. The normalized spacial score (nSPS) is 13.0. The first-order valence-electron chi connectivity index (χ1n) is 6.35. The summed E-state index contributed by atoms with van der Waals surface area (Å²) in [7, 11) is 0.516. The van der Waals surface area contributed by atoms with Crippen LogP contribution < -0.4 is 15.8 Å². The largest absolute Gasteiger partial charge is 0.495 e. The van der Waals surface area contributed by atoms with Gasteiger partial charge in [0, 0.05) is 32.2 Å². The fraction of sp³-hybridized carbons (Fsp3) is 0.462. The van der Waals surface area contributed by atoms with E-state index < -0.39 is 15.9 Å². The molecule has 0 aliphatic heterocycles. The van der Waals surface area contributed by atoms with E-state index in [1.54, 1.807) is 13.0 Å². The second-order valence-electron chi connectivity index (χ2n) is 4.71. The number of nitrogens with two attached hydrogens (primary N) is 1. The topological polar surface area (TPSA) is 102 Å². The number of carbonyl (C=O) groups is 1. The van der Waals surface area contributed by atoms with Crippen molar-refractivity contribution in [2.75, 3.05) is 33.5 Å². The van der Waals surface area contributed by atoms with E-state index >= 15 is 0 Å². The maximum absolute atomic E-state index is 12.6. The van der Waals surface area contributed by atoms with Gasteiger partial charge in [-0.3, -0.25) is 4.79 Å². The molecule has 0 aromatic heterocycles. The van der Waals surface area contributed by atoms with Crippen LogP contribution in [0.1, 0.15) is 6.92 Å². The number of nitrogens with one attached hydrogen (secondary N) is 1. The fourth-order valence-electron chi connectivity index (χ4n) is 1.88. The summed E-state index contributed by atoms with van der Waals surface area (Å²) in [5, 5.41) is 2.49. The second kappa shape index (κ2) is 6.77. The Labute approximate surface area is 125 Å². The number of ether oxygens (including phenoxy) is 1. The van der Waals surface area contributed by atoms with Gasteiger partial charge in [-0.1, -0.05) is 6.92 Å². The van der Waals surface area contributed by atoms with Crippen molar-refractivity contribution in [3.8, 4) is 5.75 Å². The average Bonchev–Trinajstić information content (AvgIpc) is 2.45. The van der Waals surface area contributed by atoms with Crippen molar-refractivity contribution in [1.29, 1.82) is 0 Å². The highest BCUT2D eigenvalue weighted by atomic mass is 32.2. The number of rotatable bonds is 6. The van der Waals surface area contributed by atoms with Gasteiger partial charge in [0.15, 0.2) is 0 Å². The lowest BCUT2D eigenvalue weighted by atomic mass is 10.2. The quantitative estimate of drug-likeness (QED) is 0.734. The predicted octanol–water partition coefficient (Wildman–Crippen LogP) is 0.280. The van der Waals surface area contributed by atoms with E-state index in [4.69, 9.17) is 10.5 Å². The number of sulfonamides is 1. The molecule has 0 radical (unpaired) electrons. The van der Waals surface area contributed by atoms with Crippen molar-refractivity contribution in [2.24, 2.45) is 5.92 Å². The van der Waals surface area contributed by atoms with Crippen LogP contribution in [0.4, 0.5) is 5.69 Å². The number of benzene rings is 1. The van der Waals surface area contributed by atoms with Crippen molar-refractivity contribution < 1.29 is 17.9 Å². The highest BCUT2D eigenvalue weighted by Crippen LogP contribution is 2.28. The van der Waals surface area contributed by atoms with Gasteiger partial charge >= 0.3 is 0 Å². The van der Waals surface area contributed by atoms with Gasteiger partial charge in [0.05, 0.1) is 7.11 Å². The zero-order chi connectivity index (χ0) is 16.2. The van der Waals surface area contributed by atoms with E-state index in [-0.39, 0.29) is 23.1 Å². The smallest absolute Gasteiger partial charge is 0.246 e. The lowest BCUT2D eigenvalue weighted by Gasteiger charge is -2.21. The molecule has 8 heteroatoms. The predicted molar refractivity (Wildman–Crippen MR) is 80.5 cm³/mol. The number of hydrogen-bond donors (Lipinski definition) is 2. The van der Waals surface area contributed by atoms with Crippen LogP contribution in [0, 0.1) is 5.92 Å². The lowest BCUT2D eigenvalue weighted by molar-refractivity contribution is -0.124. The van der Waals surface area contributed by atoms with Crippen molar-refractivity contribution in [3.05, 3.63) is 18.2 Å². The molecule has 1 rings (SSSR count). The minimum atomic E-state index is -3.79. The molecule has 1 atom stereocenters. The van der Waals surface area contributed by atoms with Crippen LogP contribution in [0.15, 0.2) is 23.1 Å². The highest BCUT2D eigenvalue weighted by Gasteiger charge is 2.27. The van der Waals surface area contributed by atoms with Crippen molar-refractivity contribution >= 4 is 21.6 Å². The summed E-state index contributed by atoms with van der Waals surface area (Å²) in [6, 6.07) is 4.40. The maximum Gasteiger partial charge on any atom is 0.246 e. The third-order valence-electron chi connectivity index (χ3n) is 3.10. The maximum atomic E-state index is 12.6. The number of methoxy groups -OCH3 is 1. The van der Waals surface area contributed by atoms with E-state index in [9.17, 15) is 13.2 Å². The summed E-state index contributed by atoms with van der Waals surface area (Å²) in [6.07, 6.45) is 0. The molecular formula is C13H21N3O4S. The monoisotopic (exact) mass is 315 g/mol. The summed E-state index contributed by atoms with van der Waals surface area (Å²) in [5.74, 6) is -0.484. The standard InChI is InChI=1S/C13H21N3O4S/c1-9(13(17)15-2)8-16(3)21(18,19)12-7-10(14)5-6-11(12)20-4/h5-7,9H,8,14H2,1-4H3,(H,15,17). The number of nitrogens with zero attached hydrogens (tertiary/aromatic N) is 1. The zero-order valence-corrected chi connectivity index (χ0v) is 13.4. The Morgan fingerprint density at radius 2 is 2.10 bits per heavy atom. The van der Waals surface area contributed by atoms with Gasteiger partial charge in [0.1, 0.15) is 10.6 Å². The fourth-order valence-corrected chi connectivity index (χ4v) is 3.32. The Morgan fingerprint density at radius 3 is 2.62 bits per heavy atom. The molecule has 0 spiro atoms. The van der Waals surface area contributed by atoms with Crippen molar-refractivity contribution in [3.63, 3.8) is 0 Å². The molecule has 118 valence electrons. The first-order chi connectivity index (χ1) is 9.73. The molecule has 1 aromatic carbocycles. The average molecular weight is 315 g/mol. The summed E-state index contributed by atoms with van der Waals surface area (Å²) in [4.78, 5) is 11.5. The molecule has 1 unspecified atom stereocenters. The second-order valence-corrected chi connectivity index (χ2v) is 6.72. The van der Waals surface area contributed by atoms with Crippen LogP contribution in [0.5, 0.6) is 5.75 Å². The van der Waals surface area contributed by atoms with Gasteiger partial charge in [-0.05, 0) is 18.2 Å². The summed E-state index contributed by atoms with van der Waals surface area (Å²) >= 11 is 0. The van der Waals surface area contributed by atoms with E-state index in [0.717, 1.165) is 4.31 Å².